The number of allylic oxidation sites excluding steroid dienone is 1. The van der Waals surface area contributed by atoms with Crippen LogP contribution in [0.25, 0.3) is 0 Å². The van der Waals surface area contributed by atoms with E-state index in [1.54, 1.807) is 0 Å². The lowest BCUT2D eigenvalue weighted by atomic mass is 10.2. The number of carbonyl (C=O) groups excluding carboxylic acids is 1. The molecular weight excluding hydrogens is 291 g/mol. The number of nitrogens with zero attached hydrogens (tertiary/aromatic N) is 1. The Bertz CT molecular complexity index is 471. The minimum Gasteiger partial charge on any atom is -0.449 e. The molecule has 1 rings (SSSR count). The lowest BCUT2D eigenvalue weighted by Gasteiger charge is -2.26. The van der Waals surface area contributed by atoms with Crippen LogP contribution >= 0.6 is 0 Å². The van der Waals surface area contributed by atoms with Crippen LogP contribution in [0.4, 0.5) is 18.0 Å². The molecule has 0 fully saturated rings. The quantitative estimate of drug-likeness (QED) is 0.588. The Kier molecular flexibility index (Phi) is 4.66. The van der Waals surface area contributed by atoms with E-state index in [0.717, 1.165) is 11.0 Å². The molecule has 1 amide bonds. The molecule has 0 bridgehead atoms. The second-order valence-corrected chi connectivity index (χ2v) is 5.06. The molecule has 1 aliphatic heterocycles. The number of rotatable bonds is 3. The standard InChI is InChI=1S/C9H12F3NO5S/c1-2-17-8(14)13-6-4-3-5-7(13)18-19(15,16)9(10,11)12/h5H,2-4,6H2,1H3. The van der Waals surface area contributed by atoms with Gasteiger partial charge in [0.15, 0.2) is 0 Å². The number of halogens is 3. The molecule has 1 heterocycles. The van der Waals surface area contributed by atoms with E-state index >= 15 is 0 Å². The first kappa shape index (κ1) is 15.6. The van der Waals surface area contributed by atoms with Crippen molar-refractivity contribution in [3.8, 4) is 0 Å². The van der Waals surface area contributed by atoms with E-state index in [0.29, 0.717) is 12.8 Å². The lowest BCUT2D eigenvalue weighted by molar-refractivity contribution is -0.0538. The van der Waals surface area contributed by atoms with Crippen LogP contribution in [0.3, 0.4) is 0 Å². The molecule has 0 radical (unpaired) electrons. The SMILES string of the molecule is CCOC(=O)N1CCCC=C1OS(=O)(=O)C(F)(F)F. The Morgan fingerprint density at radius 2 is 2.11 bits per heavy atom. The van der Waals surface area contributed by atoms with Gasteiger partial charge in [-0.25, -0.2) is 9.69 Å². The molecule has 110 valence electrons. The summed E-state index contributed by atoms with van der Waals surface area (Å²) in [5.41, 5.74) is -5.55. The van der Waals surface area contributed by atoms with E-state index < -0.39 is 27.6 Å². The third-order valence-electron chi connectivity index (χ3n) is 2.14. The highest BCUT2D eigenvalue weighted by molar-refractivity contribution is 7.87. The molecule has 19 heavy (non-hydrogen) atoms. The number of amides is 1. The highest BCUT2D eigenvalue weighted by atomic mass is 32.2. The number of alkyl halides is 3. The zero-order valence-electron chi connectivity index (χ0n) is 9.94. The Morgan fingerprint density at radius 1 is 1.47 bits per heavy atom. The maximum absolute atomic E-state index is 12.2. The van der Waals surface area contributed by atoms with Crippen LogP contribution < -0.4 is 0 Å². The molecule has 0 aromatic rings. The van der Waals surface area contributed by atoms with Gasteiger partial charge in [-0.15, -0.1) is 0 Å². The topological polar surface area (TPSA) is 72.9 Å². The molecule has 0 aromatic heterocycles. The molecule has 6 nitrogen and oxygen atoms in total. The van der Waals surface area contributed by atoms with Crippen LogP contribution in [-0.2, 0) is 19.0 Å². The first-order valence-electron chi connectivity index (χ1n) is 5.34. The fraction of sp³-hybridized carbons (Fsp3) is 0.667. The predicted molar refractivity (Wildman–Crippen MR) is 57.1 cm³/mol. The highest BCUT2D eigenvalue weighted by Crippen LogP contribution is 2.29. The number of ether oxygens (including phenoxy) is 1. The van der Waals surface area contributed by atoms with Gasteiger partial charge in [-0.05, 0) is 25.8 Å². The van der Waals surface area contributed by atoms with Gasteiger partial charge in [0.25, 0.3) is 0 Å². The van der Waals surface area contributed by atoms with Gasteiger partial charge < -0.3 is 8.92 Å². The Morgan fingerprint density at radius 3 is 2.63 bits per heavy atom. The second-order valence-electron chi connectivity index (χ2n) is 3.52. The summed E-state index contributed by atoms with van der Waals surface area (Å²) in [6.45, 7) is 1.55. The number of carbonyl (C=O) groups is 1. The van der Waals surface area contributed by atoms with E-state index in [9.17, 15) is 26.4 Å². The summed E-state index contributed by atoms with van der Waals surface area (Å²) in [6.07, 6.45) is 0.922. The van der Waals surface area contributed by atoms with Crippen LogP contribution in [0.1, 0.15) is 19.8 Å². The second kappa shape index (κ2) is 5.68. The van der Waals surface area contributed by atoms with Gasteiger partial charge in [0.05, 0.1) is 6.61 Å². The molecule has 0 saturated carbocycles. The first-order chi connectivity index (χ1) is 8.69. The van der Waals surface area contributed by atoms with Crippen molar-refractivity contribution in [3.05, 3.63) is 12.0 Å². The van der Waals surface area contributed by atoms with Gasteiger partial charge in [-0.2, -0.15) is 21.6 Å². The van der Waals surface area contributed by atoms with Gasteiger partial charge in [0.1, 0.15) is 0 Å². The van der Waals surface area contributed by atoms with Crippen LogP contribution in [0.15, 0.2) is 12.0 Å². The fourth-order valence-corrected chi connectivity index (χ4v) is 1.79. The summed E-state index contributed by atoms with van der Waals surface area (Å²) >= 11 is 0. The normalized spacial score (nSPS) is 16.8. The lowest BCUT2D eigenvalue weighted by Crippen LogP contribution is -2.37. The maximum Gasteiger partial charge on any atom is 0.534 e. The van der Waals surface area contributed by atoms with Crippen LogP contribution in [0.5, 0.6) is 0 Å². The van der Waals surface area contributed by atoms with Crippen molar-refractivity contribution in [3.63, 3.8) is 0 Å². The summed E-state index contributed by atoms with van der Waals surface area (Å²) in [6, 6.07) is 0. The average Bonchev–Trinajstić information content (AvgIpc) is 2.28. The molecule has 1 aliphatic rings. The average molecular weight is 303 g/mol. The number of hydrogen-bond donors (Lipinski definition) is 0. The summed E-state index contributed by atoms with van der Waals surface area (Å²) < 4.78 is 66.9. The van der Waals surface area contributed by atoms with Crippen LogP contribution in [0.2, 0.25) is 0 Å². The predicted octanol–water partition coefficient (Wildman–Crippen LogP) is 1.95. The van der Waals surface area contributed by atoms with Crippen molar-refractivity contribution in [2.45, 2.75) is 25.3 Å². The Balaban J connectivity index is 2.91. The van der Waals surface area contributed by atoms with Crippen LogP contribution in [-0.4, -0.2) is 38.1 Å². The zero-order valence-corrected chi connectivity index (χ0v) is 10.8. The van der Waals surface area contributed by atoms with E-state index in [-0.39, 0.29) is 13.2 Å². The fourth-order valence-electron chi connectivity index (χ4n) is 1.32. The smallest absolute Gasteiger partial charge is 0.449 e. The monoisotopic (exact) mass is 303 g/mol. The van der Waals surface area contributed by atoms with Gasteiger partial charge in [0.2, 0.25) is 5.88 Å². The molecule has 0 spiro atoms. The largest absolute Gasteiger partial charge is 0.534 e. The van der Waals surface area contributed by atoms with Gasteiger partial charge in [0, 0.05) is 6.54 Å². The summed E-state index contributed by atoms with van der Waals surface area (Å²) in [4.78, 5) is 12.2. The molecule has 0 unspecified atom stereocenters. The zero-order chi connectivity index (χ0) is 14.7. The molecule has 0 atom stereocenters. The summed E-state index contributed by atoms with van der Waals surface area (Å²) in [5, 5.41) is 0. The van der Waals surface area contributed by atoms with Crippen molar-refractivity contribution < 1.29 is 35.3 Å². The van der Waals surface area contributed by atoms with Gasteiger partial charge >= 0.3 is 21.7 Å². The summed E-state index contributed by atoms with van der Waals surface area (Å²) in [5.74, 6) is -0.679. The molecular formula is C9H12F3NO5S. The van der Waals surface area contributed by atoms with Crippen molar-refractivity contribution in [2.24, 2.45) is 0 Å². The molecule has 0 aromatic carbocycles. The highest BCUT2D eigenvalue weighted by Gasteiger charge is 2.49. The van der Waals surface area contributed by atoms with Crippen molar-refractivity contribution in [1.82, 2.24) is 4.90 Å². The molecule has 0 aliphatic carbocycles. The third-order valence-corrected chi connectivity index (χ3v) is 3.09. The van der Waals surface area contributed by atoms with Crippen molar-refractivity contribution >= 4 is 16.2 Å². The third kappa shape index (κ3) is 3.75. The molecule has 0 saturated heterocycles. The Labute approximate surface area is 107 Å². The van der Waals surface area contributed by atoms with E-state index in [4.69, 9.17) is 0 Å². The minimum absolute atomic E-state index is 0.00857. The van der Waals surface area contributed by atoms with E-state index in [1.165, 1.54) is 6.92 Å². The van der Waals surface area contributed by atoms with Crippen molar-refractivity contribution in [2.75, 3.05) is 13.2 Å². The van der Waals surface area contributed by atoms with E-state index in [1.807, 2.05) is 0 Å². The van der Waals surface area contributed by atoms with Crippen molar-refractivity contribution in [1.29, 1.82) is 0 Å². The Hall–Kier alpha value is -1.45. The minimum atomic E-state index is -5.80. The number of hydrogen-bond acceptors (Lipinski definition) is 5. The first-order valence-corrected chi connectivity index (χ1v) is 6.75. The molecule has 0 N–H and O–H groups in total. The van der Waals surface area contributed by atoms with Gasteiger partial charge in [-0.3, -0.25) is 0 Å². The summed E-state index contributed by atoms with van der Waals surface area (Å²) in [7, 11) is -5.80. The van der Waals surface area contributed by atoms with Gasteiger partial charge in [-0.1, -0.05) is 0 Å². The molecule has 10 heteroatoms. The maximum atomic E-state index is 12.2. The van der Waals surface area contributed by atoms with E-state index in [2.05, 4.69) is 8.92 Å². The van der Waals surface area contributed by atoms with Crippen LogP contribution in [0, 0.1) is 0 Å².